The van der Waals surface area contributed by atoms with Crippen molar-refractivity contribution in [3.8, 4) is 0 Å². The summed E-state index contributed by atoms with van der Waals surface area (Å²) in [4.78, 5) is 17.8. The topological polar surface area (TPSA) is 46.3 Å². The molecule has 0 unspecified atom stereocenters. The van der Waals surface area contributed by atoms with E-state index in [9.17, 15) is 4.79 Å². The number of aryl methyl sites for hydroxylation is 1. The Morgan fingerprint density at radius 2 is 2.06 bits per heavy atom. The maximum Gasteiger partial charge on any atom is 0.253 e. The van der Waals surface area contributed by atoms with Crippen LogP contribution < -0.4 is 0 Å². The Labute approximate surface area is 196 Å². The minimum absolute atomic E-state index is 0.175. The van der Waals surface area contributed by atoms with Crippen molar-refractivity contribution in [1.29, 1.82) is 0 Å². The maximum absolute atomic E-state index is 13.3. The van der Waals surface area contributed by atoms with E-state index in [4.69, 9.17) is 0 Å². The van der Waals surface area contributed by atoms with Crippen LogP contribution in [0.4, 0.5) is 0 Å². The van der Waals surface area contributed by atoms with Gasteiger partial charge in [0.05, 0.1) is 6.20 Å². The van der Waals surface area contributed by atoms with Crippen molar-refractivity contribution >= 4 is 16.8 Å². The molecule has 1 fully saturated rings. The van der Waals surface area contributed by atoms with Gasteiger partial charge in [0.1, 0.15) is 0 Å². The lowest BCUT2D eigenvalue weighted by Gasteiger charge is -2.30. The van der Waals surface area contributed by atoms with Crippen LogP contribution in [-0.4, -0.2) is 49.7 Å². The van der Waals surface area contributed by atoms with Crippen LogP contribution in [-0.2, 0) is 32.6 Å². The molecule has 0 atom stereocenters. The molecule has 6 heteroatoms. The average molecular weight is 446 g/mol. The molecular weight excluding hydrogens is 410 g/mol. The van der Waals surface area contributed by atoms with Crippen molar-refractivity contribution in [3.05, 3.63) is 65.6 Å². The van der Waals surface area contributed by atoms with Crippen LogP contribution in [0.25, 0.3) is 10.9 Å². The molecule has 2 aliphatic heterocycles. The normalized spacial score (nSPS) is 17.5. The number of hydrogen-bond acceptors (Lipinski definition) is 3. The van der Waals surface area contributed by atoms with Gasteiger partial charge in [-0.15, -0.1) is 6.58 Å². The lowest BCUT2D eigenvalue weighted by molar-refractivity contribution is 0.0697. The van der Waals surface area contributed by atoms with Gasteiger partial charge >= 0.3 is 0 Å². The molecule has 6 nitrogen and oxygen atoms in total. The smallest absolute Gasteiger partial charge is 0.253 e. The first-order valence-corrected chi connectivity index (χ1v) is 12.3. The first-order valence-electron chi connectivity index (χ1n) is 12.3. The van der Waals surface area contributed by atoms with Crippen molar-refractivity contribution in [2.75, 3.05) is 19.6 Å². The molecule has 0 aliphatic carbocycles. The Balaban J connectivity index is 1.45. The number of benzene rings is 1. The molecule has 4 heterocycles. The molecule has 2 aromatic heterocycles. The van der Waals surface area contributed by atoms with Gasteiger partial charge in [-0.2, -0.15) is 5.10 Å². The molecule has 0 bridgehead atoms. The Morgan fingerprint density at radius 1 is 1.24 bits per heavy atom. The van der Waals surface area contributed by atoms with Crippen molar-refractivity contribution in [3.63, 3.8) is 0 Å². The quantitative estimate of drug-likeness (QED) is 0.526. The van der Waals surface area contributed by atoms with Gasteiger partial charge in [-0.05, 0) is 49.4 Å². The van der Waals surface area contributed by atoms with Crippen LogP contribution in [0.2, 0.25) is 0 Å². The maximum atomic E-state index is 13.3. The predicted octanol–water partition coefficient (Wildman–Crippen LogP) is 4.47. The molecule has 1 aromatic carbocycles. The molecule has 2 aliphatic rings. The molecule has 0 N–H and O–H groups in total. The number of aromatic nitrogens is 3. The number of carbonyl (C=O) groups excluding carboxylic acids is 1. The van der Waals surface area contributed by atoms with Crippen LogP contribution in [0.1, 0.15) is 53.9 Å². The highest BCUT2D eigenvalue weighted by Gasteiger charge is 2.26. The van der Waals surface area contributed by atoms with Gasteiger partial charge < -0.3 is 9.47 Å². The Morgan fingerprint density at radius 3 is 2.79 bits per heavy atom. The van der Waals surface area contributed by atoms with Gasteiger partial charge in [-0.1, -0.05) is 13.0 Å². The second kappa shape index (κ2) is 9.18. The van der Waals surface area contributed by atoms with E-state index in [2.05, 4.69) is 53.3 Å². The summed E-state index contributed by atoms with van der Waals surface area (Å²) in [5, 5.41) is 5.66. The molecule has 1 amide bonds. The average Bonchev–Trinajstić information content (AvgIpc) is 3.41. The monoisotopic (exact) mass is 445 g/mol. The molecule has 1 saturated heterocycles. The second-order valence-electron chi connectivity index (χ2n) is 9.70. The van der Waals surface area contributed by atoms with Crippen LogP contribution in [0.5, 0.6) is 0 Å². The molecule has 3 aromatic rings. The highest BCUT2D eigenvalue weighted by Crippen LogP contribution is 2.33. The third-order valence-corrected chi connectivity index (χ3v) is 7.38. The Bertz CT molecular complexity index is 1160. The molecule has 5 rings (SSSR count). The zero-order valence-electron chi connectivity index (χ0n) is 20.0. The number of hydrogen-bond donors (Lipinski definition) is 0. The molecule has 0 spiro atoms. The number of rotatable bonds is 6. The van der Waals surface area contributed by atoms with Crippen LogP contribution in [0.15, 0.2) is 43.2 Å². The highest BCUT2D eigenvalue weighted by molar-refractivity contribution is 5.99. The summed E-state index contributed by atoms with van der Waals surface area (Å²) in [6.45, 7) is 14.6. The van der Waals surface area contributed by atoms with E-state index in [0.29, 0.717) is 5.92 Å². The van der Waals surface area contributed by atoms with E-state index in [0.717, 1.165) is 70.6 Å². The van der Waals surface area contributed by atoms with E-state index in [1.807, 2.05) is 27.9 Å². The molecule has 174 valence electrons. The van der Waals surface area contributed by atoms with Gasteiger partial charge in [0, 0.05) is 86.2 Å². The van der Waals surface area contributed by atoms with Crippen LogP contribution >= 0.6 is 0 Å². The molecular formula is C27H35N5O. The van der Waals surface area contributed by atoms with Crippen molar-refractivity contribution in [2.45, 2.75) is 59.3 Å². The summed E-state index contributed by atoms with van der Waals surface area (Å²) < 4.78 is 4.38. The summed E-state index contributed by atoms with van der Waals surface area (Å²) in [6, 6.07) is 6.31. The van der Waals surface area contributed by atoms with Gasteiger partial charge in [0.2, 0.25) is 0 Å². The van der Waals surface area contributed by atoms with Gasteiger partial charge in [0.25, 0.3) is 5.91 Å². The number of amides is 1. The zero-order chi connectivity index (χ0) is 22.9. The minimum Gasteiger partial charge on any atom is -0.340 e. The second-order valence-corrected chi connectivity index (χ2v) is 9.70. The summed E-state index contributed by atoms with van der Waals surface area (Å²) in [7, 11) is 0. The Hall–Kier alpha value is -2.86. The molecule has 33 heavy (non-hydrogen) atoms. The fourth-order valence-electron chi connectivity index (χ4n) is 5.42. The fourth-order valence-corrected chi connectivity index (χ4v) is 5.42. The third-order valence-electron chi connectivity index (χ3n) is 7.38. The first kappa shape index (κ1) is 22.0. The molecule has 0 radical (unpaired) electrons. The number of allylic oxidation sites excluding steroid dienone is 1. The number of piperidine rings is 1. The van der Waals surface area contributed by atoms with E-state index in [1.54, 1.807) is 0 Å². The van der Waals surface area contributed by atoms with Gasteiger partial charge in [0.15, 0.2) is 0 Å². The van der Waals surface area contributed by atoms with E-state index >= 15 is 0 Å². The van der Waals surface area contributed by atoms with Crippen molar-refractivity contribution < 1.29 is 4.79 Å². The fraction of sp³-hybridized carbons (Fsp3) is 0.481. The van der Waals surface area contributed by atoms with Gasteiger partial charge in [-0.25, -0.2) is 0 Å². The van der Waals surface area contributed by atoms with Gasteiger partial charge in [-0.3, -0.25) is 14.4 Å². The number of carbonyl (C=O) groups is 1. The molecule has 0 saturated carbocycles. The zero-order valence-corrected chi connectivity index (χ0v) is 20.0. The minimum atomic E-state index is 0.175. The van der Waals surface area contributed by atoms with E-state index in [-0.39, 0.29) is 5.91 Å². The van der Waals surface area contributed by atoms with Crippen LogP contribution in [0.3, 0.4) is 0 Å². The summed E-state index contributed by atoms with van der Waals surface area (Å²) in [6.07, 6.45) is 9.31. The predicted molar refractivity (Wildman–Crippen MR) is 132 cm³/mol. The number of fused-ring (bicyclic) bond motifs is 3. The third kappa shape index (κ3) is 4.24. The first-order chi connectivity index (χ1) is 16.1. The number of likely N-dealkylation sites (tertiary alicyclic amines) is 1. The lowest BCUT2D eigenvalue weighted by atomic mass is 9.98. The van der Waals surface area contributed by atoms with E-state index < -0.39 is 0 Å². The number of nitrogens with zero attached hydrogens (tertiary/aromatic N) is 5. The van der Waals surface area contributed by atoms with Crippen molar-refractivity contribution in [2.24, 2.45) is 5.92 Å². The Kier molecular flexibility index (Phi) is 6.11. The standard InChI is InChI=1S/C27H35N5O/c1-4-11-32-25-7-6-22(27(33)30-13-8-20(3)9-14-30)15-23(25)24-19-29(12-10-26(24)32)17-21-16-28-31(5-2)18-21/h4,6-7,15-16,18,20H,1,5,8-14,17,19H2,2-3H3. The van der Waals surface area contributed by atoms with Crippen LogP contribution in [0, 0.1) is 5.92 Å². The lowest BCUT2D eigenvalue weighted by Crippen LogP contribution is -2.37. The highest BCUT2D eigenvalue weighted by atomic mass is 16.2. The SMILES string of the molecule is C=CCn1c2c(c3cc(C(=O)N4CCC(C)CC4)ccc31)CN(Cc1cnn(CC)c1)CC2. The summed E-state index contributed by atoms with van der Waals surface area (Å²) in [5.74, 6) is 0.889. The summed E-state index contributed by atoms with van der Waals surface area (Å²) in [5.41, 5.74) is 6.04. The largest absolute Gasteiger partial charge is 0.340 e. The summed E-state index contributed by atoms with van der Waals surface area (Å²) >= 11 is 0. The van der Waals surface area contributed by atoms with E-state index in [1.165, 1.54) is 27.7 Å². The van der Waals surface area contributed by atoms with Crippen molar-refractivity contribution in [1.82, 2.24) is 24.1 Å².